The zero-order valence-corrected chi connectivity index (χ0v) is 10.0. The second kappa shape index (κ2) is 6.26. The summed E-state index contributed by atoms with van der Waals surface area (Å²) in [5.41, 5.74) is 1.20. The molecule has 2 rings (SSSR count). The first-order valence-corrected chi connectivity index (χ1v) is 6.24. The molecule has 0 aliphatic carbocycles. The Morgan fingerprint density at radius 1 is 0.882 bits per heavy atom. The smallest absolute Gasteiger partial charge is 0.0431 e. The lowest BCUT2D eigenvalue weighted by molar-refractivity contribution is 0.283. The van der Waals surface area contributed by atoms with Gasteiger partial charge in [0, 0.05) is 24.2 Å². The molecule has 2 N–H and O–H groups in total. The zero-order valence-electron chi connectivity index (χ0n) is 10.0. The average Bonchev–Trinajstić information content (AvgIpc) is 2.39. The molecule has 2 nitrogen and oxygen atoms in total. The third-order valence-electron chi connectivity index (χ3n) is 2.94. The monoisotopic (exact) mass is 229 g/mol. The van der Waals surface area contributed by atoms with Crippen LogP contribution in [0.4, 0.5) is 5.69 Å². The average molecular weight is 229 g/mol. The van der Waals surface area contributed by atoms with Crippen molar-refractivity contribution in [2.45, 2.75) is 19.3 Å². The fraction of sp³-hybridized carbons (Fsp3) is 0.333. The SMILES string of the molecule is OCCCCCNc1cccc2ccccc12. The van der Waals surface area contributed by atoms with Crippen LogP contribution in [0.3, 0.4) is 0 Å². The molecule has 0 heterocycles. The minimum Gasteiger partial charge on any atom is -0.396 e. The van der Waals surface area contributed by atoms with Gasteiger partial charge >= 0.3 is 0 Å². The molecule has 0 aromatic heterocycles. The Hall–Kier alpha value is -1.54. The molecule has 0 bridgehead atoms. The molecule has 0 aliphatic heterocycles. The maximum atomic E-state index is 8.70. The number of hydrogen-bond acceptors (Lipinski definition) is 2. The Balaban J connectivity index is 1.98. The molecular weight excluding hydrogens is 210 g/mol. The van der Waals surface area contributed by atoms with Crippen molar-refractivity contribution in [2.24, 2.45) is 0 Å². The molecule has 2 aromatic carbocycles. The molecule has 0 unspecified atom stereocenters. The number of fused-ring (bicyclic) bond motifs is 1. The van der Waals surface area contributed by atoms with Crippen LogP contribution in [0.2, 0.25) is 0 Å². The zero-order chi connectivity index (χ0) is 11.9. The van der Waals surface area contributed by atoms with Gasteiger partial charge in [-0.1, -0.05) is 36.4 Å². The fourth-order valence-electron chi connectivity index (χ4n) is 2.02. The summed E-state index contributed by atoms with van der Waals surface area (Å²) in [7, 11) is 0. The molecule has 0 saturated carbocycles. The normalized spacial score (nSPS) is 10.6. The van der Waals surface area contributed by atoms with E-state index in [0.717, 1.165) is 25.8 Å². The van der Waals surface area contributed by atoms with E-state index in [0.29, 0.717) is 6.61 Å². The van der Waals surface area contributed by atoms with Crippen molar-refractivity contribution < 1.29 is 5.11 Å². The molecule has 2 heteroatoms. The predicted molar refractivity (Wildman–Crippen MR) is 73.4 cm³/mol. The molecule has 0 spiro atoms. The lowest BCUT2D eigenvalue weighted by atomic mass is 10.1. The Bertz CT molecular complexity index is 462. The van der Waals surface area contributed by atoms with Crippen LogP contribution in [0.5, 0.6) is 0 Å². The van der Waals surface area contributed by atoms with Gasteiger partial charge in [-0.2, -0.15) is 0 Å². The summed E-state index contributed by atoms with van der Waals surface area (Å²) in [6, 6.07) is 14.7. The van der Waals surface area contributed by atoms with Crippen molar-refractivity contribution in [3.63, 3.8) is 0 Å². The summed E-state index contributed by atoms with van der Waals surface area (Å²) >= 11 is 0. The summed E-state index contributed by atoms with van der Waals surface area (Å²) in [6.45, 7) is 1.27. The highest BCUT2D eigenvalue weighted by atomic mass is 16.2. The summed E-state index contributed by atoms with van der Waals surface area (Å²) in [5.74, 6) is 0. The summed E-state index contributed by atoms with van der Waals surface area (Å²) < 4.78 is 0. The van der Waals surface area contributed by atoms with Gasteiger partial charge in [-0.05, 0) is 30.7 Å². The second-order valence-electron chi connectivity index (χ2n) is 4.24. The minimum atomic E-state index is 0.300. The highest BCUT2D eigenvalue weighted by Crippen LogP contribution is 2.22. The lowest BCUT2D eigenvalue weighted by Crippen LogP contribution is -2.02. The minimum absolute atomic E-state index is 0.300. The lowest BCUT2D eigenvalue weighted by Gasteiger charge is -2.09. The number of nitrogens with one attached hydrogen (secondary N) is 1. The maximum absolute atomic E-state index is 8.70. The van der Waals surface area contributed by atoms with Crippen LogP contribution in [0.25, 0.3) is 10.8 Å². The number of anilines is 1. The van der Waals surface area contributed by atoms with E-state index in [1.165, 1.54) is 16.5 Å². The molecule has 17 heavy (non-hydrogen) atoms. The van der Waals surface area contributed by atoms with Crippen LogP contribution in [0, 0.1) is 0 Å². The molecule has 90 valence electrons. The van der Waals surface area contributed by atoms with E-state index in [1.807, 2.05) is 0 Å². The molecule has 0 radical (unpaired) electrons. The Kier molecular flexibility index (Phi) is 4.39. The van der Waals surface area contributed by atoms with Crippen LogP contribution < -0.4 is 5.32 Å². The van der Waals surface area contributed by atoms with E-state index in [-0.39, 0.29) is 0 Å². The van der Waals surface area contributed by atoms with E-state index in [1.54, 1.807) is 0 Å². The fourth-order valence-corrected chi connectivity index (χ4v) is 2.02. The van der Waals surface area contributed by atoms with Crippen molar-refractivity contribution in [2.75, 3.05) is 18.5 Å². The van der Waals surface area contributed by atoms with E-state index < -0.39 is 0 Å². The number of aliphatic hydroxyl groups excluding tert-OH is 1. The standard InChI is InChI=1S/C15H19NO/c17-12-5-1-4-11-16-15-10-6-8-13-7-2-3-9-14(13)15/h2-3,6-10,16-17H,1,4-5,11-12H2. The second-order valence-corrected chi connectivity index (χ2v) is 4.24. The van der Waals surface area contributed by atoms with E-state index in [2.05, 4.69) is 47.8 Å². The van der Waals surface area contributed by atoms with Crippen molar-refractivity contribution in [1.29, 1.82) is 0 Å². The summed E-state index contributed by atoms with van der Waals surface area (Å²) in [4.78, 5) is 0. The number of benzene rings is 2. The molecule has 0 amide bonds. The van der Waals surface area contributed by atoms with Crippen LogP contribution in [-0.2, 0) is 0 Å². The van der Waals surface area contributed by atoms with Gasteiger partial charge in [0.05, 0.1) is 0 Å². The van der Waals surface area contributed by atoms with Gasteiger partial charge in [-0.25, -0.2) is 0 Å². The molecular formula is C15H19NO. The third-order valence-corrected chi connectivity index (χ3v) is 2.94. The molecule has 0 atom stereocenters. The van der Waals surface area contributed by atoms with Crippen LogP contribution in [0.15, 0.2) is 42.5 Å². The third kappa shape index (κ3) is 3.21. The Morgan fingerprint density at radius 2 is 1.71 bits per heavy atom. The maximum Gasteiger partial charge on any atom is 0.0431 e. The van der Waals surface area contributed by atoms with Gasteiger partial charge < -0.3 is 10.4 Å². The van der Waals surface area contributed by atoms with Gasteiger partial charge in [0.25, 0.3) is 0 Å². The highest BCUT2D eigenvalue weighted by molar-refractivity contribution is 5.93. The highest BCUT2D eigenvalue weighted by Gasteiger charge is 1.98. The van der Waals surface area contributed by atoms with Crippen molar-refractivity contribution >= 4 is 16.5 Å². The van der Waals surface area contributed by atoms with Crippen LogP contribution in [0.1, 0.15) is 19.3 Å². The summed E-state index contributed by atoms with van der Waals surface area (Å²) in [5, 5.41) is 14.7. The van der Waals surface area contributed by atoms with Crippen LogP contribution >= 0.6 is 0 Å². The number of aliphatic hydroxyl groups is 1. The van der Waals surface area contributed by atoms with Gasteiger partial charge in [0.15, 0.2) is 0 Å². The first-order chi connectivity index (χ1) is 8.42. The van der Waals surface area contributed by atoms with Gasteiger partial charge in [0.1, 0.15) is 0 Å². The molecule has 0 aliphatic rings. The number of hydrogen-bond donors (Lipinski definition) is 2. The topological polar surface area (TPSA) is 32.3 Å². The van der Waals surface area contributed by atoms with E-state index in [9.17, 15) is 0 Å². The predicted octanol–water partition coefficient (Wildman–Crippen LogP) is 3.41. The quantitative estimate of drug-likeness (QED) is 0.744. The van der Waals surface area contributed by atoms with Gasteiger partial charge in [-0.15, -0.1) is 0 Å². The Morgan fingerprint density at radius 3 is 2.59 bits per heavy atom. The van der Waals surface area contributed by atoms with Crippen LogP contribution in [-0.4, -0.2) is 18.3 Å². The largest absolute Gasteiger partial charge is 0.396 e. The van der Waals surface area contributed by atoms with Crippen molar-refractivity contribution in [3.05, 3.63) is 42.5 Å². The number of unbranched alkanes of at least 4 members (excludes halogenated alkanes) is 2. The van der Waals surface area contributed by atoms with E-state index in [4.69, 9.17) is 5.11 Å². The van der Waals surface area contributed by atoms with Gasteiger partial charge in [0.2, 0.25) is 0 Å². The van der Waals surface area contributed by atoms with E-state index >= 15 is 0 Å². The summed E-state index contributed by atoms with van der Waals surface area (Å²) in [6.07, 6.45) is 3.08. The Labute approximate surface area is 102 Å². The first-order valence-electron chi connectivity index (χ1n) is 6.24. The molecule has 0 fully saturated rings. The number of rotatable bonds is 6. The van der Waals surface area contributed by atoms with Gasteiger partial charge in [-0.3, -0.25) is 0 Å². The van der Waals surface area contributed by atoms with Crippen molar-refractivity contribution in [3.8, 4) is 0 Å². The first kappa shape index (κ1) is 11.9. The van der Waals surface area contributed by atoms with Crippen molar-refractivity contribution in [1.82, 2.24) is 0 Å². The molecule has 2 aromatic rings. The molecule has 0 saturated heterocycles.